The van der Waals surface area contributed by atoms with Gasteiger partial charge in [-0.05, 0) is 87.6 Å². The van der Waals surface area contributed by atoms with Gasteiger partial charge in [-0.1, -0.05) is 121 Å². The van der Waals surface area contributed by atoms with E-state index in [0.29, 0.717) is 0 Å². The lowest BCUT2D eigenvalue weighted by Crippen LogP contribution is -2.09. The van der Waals surface area contributed by atoms with Crippen molar-refractivity contribution in [1.82, 2.24) is 0 Å². The van der Waals surface area contributed by atoms with Crippen molar-refractivity contribution in [3.63, 3.8) is 0 Å². The molecule has 0 saturated carbocycles. The zero-order chi connectivity index (χ0) is 29.3. The van der Waals surface area contributed by atoms with Gasteiger partial charge in [-0.15, -0.1) is 0 Å². The highest BCUT2D eigenvalue weighted by Crippen LogP contribution is 2.37. The molecule has 0 atom stereocenters. The molecule has 1 heterocycles. The molecule has 0 radical (unpaired) electrons. The van der Waals surface area contributed by atoms with E-state index in [1.54, 1.807) is 0 Å². The first-order chi connectivity index (χ1) is 21.8. The smallest absolute Gasteiger partial charge is 0.135 e. The third-order valence-corrected chi connectivity index (χ3v) is 8.26. The van der Waals surface area contributed by atoms with Gasteiger partial charge in [-0.25, -0.2) is 0 Å². The molecule has 8 aromatic rings. The molecular formula is C42H29NO. The van der Waals surface area contributed by atoms with Crippen LogP contribution in [0.4, 0.5) is 17.1 Å². The van der Waals surface area contributed by atoms with E-state index in [2.05, 4.69) is 163 Å². The molecule has 7 aromatic carbocycles. The third-order valence-electron chi connectivity index (χ3n) is 8.26. The number of rotatable bonds is 6. The Labute approximate surface area is 257 Å². The van der Waals surface area contributed by atoms with Gasteiger partial charge >= 0.3 is 0 Å². The largest absolute Gasteiger partial charge is 0.456 e. The summed E-state index contributed by atoms with van der Waals surface area (Å²) in [6, 6.07) is 62.2. The maximum absolute atomic E-state index is 6.12. The molecule has 0 saturated heterocycles. The highest BCUT2D eigenvalue weighted by molar-refractivity contribution is 5.89. The molecule has 0 aliphatic heterocycles. The molecule has 0 aliphatic carbocycles. The Hall–Kier alpha value is -5.86. The van der Waals surface area contributed by atoms with Gasteiger partial charge in [0.2, 0.25) is 0 Å². The van der Waals surface area contributed by atoms with Gasteiger partial charge in [0.25, 0.3) is 0 Å². The monoisotopic (exact) mass is 563 g/mol. The zero-order valence-corrected chi connectivity index (χ0v) is 24.1. The third kappa shape index (κ3) is 4.93. The van der Waals surface area contributed by atoms with Gasteiger partial charge in [0.1, 0.15) is 11.3 Å². The van der Waals surface area contributed by atoms with Crippen LogP contribution in [0.5, 0.6) is 0 Å². The maximum atomic E-state index is 6.12. The number of hydrogen-bond acceptors (Lipinski definition) is 2. The molecule has 2 heteroatoms. The van der Waals surface area contributed by atoms with Crippen LogP contribution in [0.15, 0.2) is 180 Å². The second kappa shape index (κ2) is 11.1. The summed E-state index contributed by atoms with van der Waals surface area (Å²) in [6.45, 7) is 0. The molecule has 1 aromatic heterocycles. The molecule has 0 spiro atoms. The van der Waals surface area contributed by atoms with Gasteiger partial charge < -0.3 is 9.32 Å². The maximum Gasteiger partial charge on any atom is 0.135 e. The Bertz CT molecular complexity index is 2180. The second-order valence-electron chi connectivity index (χ2n) is 11.1. The standard InChI is InChI=1S/C42H29NO/c1-2-14-38(15-3-1)43(40-26-23-30-9-4-5-10-35(30)28-40)39-24-21-32(22-25-39)31-17-19-33(20-18-31)34-12-8-13-36(27-34)42-29-37-11-6-7-16-41(37)44-42/h1-29H. The number of fused-ring (bicyclic) bond motifs is 2. The van der Waals surface area contributed by atoms with Crippen molar-refractivity contribution in [2.75, 3.05) is 4.90 Å². The Balaban J connectivity index is 1.08. The molecule has 44 heavy (non-hydrogen) atoms. The van der Waals surface area contributed by atoms with Crippen molar-refractivity contribution < 1.29 is 4.42 Å². The fraction of sp³-hybridized carbons (Fsp3) is 0. The minimum absolute atomic E-state index is 0.887. The summed E-state index contributed by atoms with van der Waals surface area (Å²) in [5.41, 5.74) is 10.1. The Morgan fingerprint density at radius 1 is 0.318 bits per heavy atom. The van der Waals surface area contributed by atoms with Crippen LogP contribution in [-0.2, 0) is 0 Å². The predicted molar refractivity (Wildman–Crippen MR) is 185 cm³/mol. The number of nitrogens with zero attached hydrogens (tertiary/aromatic N) is 1. The van der Waals surface area contributed by atoms with Crippen molar-refractivity contribution in [2.24, 2.45) is 0 Å². The fourth-order valence-electron chi connectivity index (χ4n) is 5.97. The summed E-state index contributed by atoms with van der Waals surface area (Å²) in [5, 5.41) is 3.59. The van der Waals surface area contributed by atoms with Crippen LogP contribution in [0.3, 0.4) is 0 Å². The van der Waals surface area contributed by atoms with Crippen molar-refractivity contribution in [3.05, 3.63) is 176 Å². The highest BCUT2D eigenvalue weighted by atomic mass is 16.3. The van der Waals surface area contributed by atoms with Crippen molar-refractivity contribution in [3.8, 4) is 33.6 Å². The topological polar surface area (TPSA) is 16.4 Å². The van der Waals surface area contributed by atoms with Crippen LogP contribution < -0.4 is 4.90 Å². The van der Waals surface area contributed by atoms with E-state index in [4.69, 9.17) is 4.42 Å². The predicted octanol–water partition coefficient (Wildman–Crippen LogP) is 12.1. The number of hydrogen-bond donors (Lipinski definition) is 0. The van der Waals surface area contributed by atoms with E-state index in [1.807, 2.05) is 18.2 Å². The molecule has 0 aliphatic rings. The Kier molecular flexibility index (Phi) is 6.51. The second-order valence-corrected chi connectivity index (χ2v) is 11.1. The number of para-hydroxylation sites is 2. The SMILES string of the molecule is c1ccc(N(c2ccc(-c3ccc(-c4cccc(-c5cc6ccccc6o5)c4)cc3)cc2)c2ccc3ccccc3c2)cc1. The normalized spacial score (nSPS) is 11.2. The Morgan fingerprint density at radius 3 is 1.64 bits per heavy atom. The summed E-state index contributed by atoms with van der Waals surface area (Å²) in [7, 11) is 0. The Morgan fingerprint density at radius 2 is 0.886 bits per heavy atom. The molecule has 8 rings (SSSR count). The summed E-state index contributed by atoms with van der Waals surface area (Å²) < 4.78 is 6.12. The highest BCUT2D eigenvalue weighted by Gasteiger charge is 2.13. The van der Waals surface area contributed by atoms with Crippen LogP contribution in [0.1, 0.15) is 0 Å². The van der Waals surface area contributed by atoms with E-state index in [9.17, 15) is 0 Å². The van der Waals surface area contributed by atoms with Gasteiger partial charge in [-0.3, -0.25) is 0 Å². The lowest BCUT2D eigenvalue weighted by Gasteiger charge is -2.26. The van der Waals surface area contributed by atoms with E-state index < -0.39 is 0 Å². The first kappa shape index (κ1) is 25.8. The summed E-state index contributed by atoms with van der Waals surface area (Å²) in [4.78, 5) is 2.31. The van der Waals surface area contributed by atoms with Crippen LogP contribution in [-0.4, -0.2) is 0 Å². The molecule has 2 nitrogen and oxygen atoms in total. The van der Waals surface area contributed by atoms with E-state index in [-0.39, 0.29) is 0 Å². The lowest BCUT2D eigenvalue weighted by atomic mass is 9.98. The average Bonchev–Trinajstić information content (AvgIpc) is 3.54. The molecule has 0 amide bonds. The van der Waals surface area contributed by atoms with Crippen molar-refractivity contribution in [2.45, 2.75) is 0 Å². The summed E-state index contributed by atoms with van der Waals surface area (Å²) in [5.74, 6) is 0.887. The zero-order valence-electron chi connectivity index (χ0n) is 24.1. The molecular weight excluding hydrogens is 534 g/mol. The first-order valence-corrected chi connectivity index (χ1v) is 14.9. The number of anilines is 3. The van der Waals surface area contributed by atoms with E-state index >= 15 is 0 Å². The summed E-state index contributed by atoms with van der Waals surface area (Å²) in [6.07, 6.45) is 0. The van der Waals surface area contributed by atoms with E-state index in [0.717, 1.165) is 39.4 Å². The number of benzene rings is 7. The quantitative estimate of drug-likeness (QED) is 0.200. The molecule has 0 N–H and O–H groups in total. The van der Waals surface area contributed by atoms with Crippen LogP contribution in [0.25, 0.3) is 55.3 Å². The molecule has 0 bridgehead atoms. The molecule has 0 fully saturated rings. The van der Waals surface area contributed by atoms with E-state index in [1.165, 1.54) is 33.0 Å². The van der Waals surface area contributed by atoms with Gasteiger partial charge in [0.05, 0.1) is 0 Å². The van der Waals surface area contributed by atoms with Crippen molar-refractivity contribution in [1.29, 1.82) is 0 Å². The lowest BCUT2D eigenvalue weighted by molar-refractivity contribution is 0.631. The van der Waals surface area contributed by atoms with Gasteiger partial charge in [0.15, 0.2) is 0 Å². The summed E-state index contributed by atoms with van der Waals surface area (Å²) >= 11 is 0. The minimum Gasteiger partial charge on any atom is -0.456 e. The number of furan rings is 1. The minimum atomic E-state index is 0.887. The van der Waals surface area contributed by atoms with Crippen LogP contribution in [0, 0.1) is 0 Å². The molecule has 0 unspecified atom stereocenters. The molecule has 208 valence electrons. The average molecular weight is 564 g/mol. The fourth-order valence-corrected chi connectivity index (χ4v) is 5.97. The van der Waals surface area contributed by atoms with Gasteiger partial charge in [-0.2, -0.15) is 0 Å². The van der Waals surface area contributed by atoms with Crippen molar-refractivity contribution >= 4 is 38.8 Å². The van der Waals surface area contributed by atoms with Gasteiger partial charge in [0, 0.05) is 28.0 Å². The van der Waals surface area contributed by atoms with Crippen LogP contribution in [0.2, 0.25) is 0 Å². The first-order valence-electron chi connectivity index (χ1n) is 14.9. The van der Waals surface area contributed by atoms with Crippen LogP contribution >= 0.6 is 0 Å².